The standard InChI is InChI=1S/C31H38O8/c1-17-21(33)16-29(37)26(36)31-18(2)22(39-23(34)13-12-20-10-8-7-9-11-20)14-15-28(31,6)25(38-19(3)32)24(35)30(17,31)27(29,4)5/h7-13,17,22,24-26,35-37H,2,14-16H2,1,3-6H3/b13-12+/t17-,22+,24+,25+,26-,28+,29-,30?,31?/m1/s1. The number of Topliss-reactive ketones (excluding diaryl/α,β-unsaturated/α-hetero) is 1. The molecule has 2 bridgehead atoms. The molecular formula is C31H38O8. The van der Waals surface area contributed by atoms with E-state index in [1.165, 1.54) is 13.0 Å². The number of ketones is 1. The molecule has 8 heteroatoms. The van der Waals surface area contributed by atoms with Gasteiger partial charge in [-0.3, -0.25) is 9.59 Å². The van der Waals surface area contributed by atoms with Gasteiger partial charge >= 0.3 is 11.9 Å². The molecule has 1 aromatic carbocycles. The van der Waals surface area contributed by atoms with Gasteiger partial charge in [0.05, 0.1) is 12.2 Å². The molecule has 0 aromatic heterocycles. The summed E-state index contributed by atoms with van der Waals surface area (Å²) in [7, 11) is 0. The minimum absolute atomic E-state index is 0.285. The van der Waals surface area contributed by atoms with Gasteiger partial charge < -0.3 is 24.8 Å². The largest absolute Gasteiger partial charge is 0.459 e. The fraction of sp³-hybridized carbons (Fsp3) is 0.581. The van der Waals surface area contributed by atoms with Crippen LogP contribution < -0.4 is 0 Å². The lowest BCUT2D eigenvalue weighted by Crippen LogP contribution is -2.64. The first kappa shape index (κ1) is 27.7. The average Bonchev–Trinajstić information content (AvgIpc) is 3.09. The number of esters is 2. The zero-order valence-corrected chi connectivity index (χ0v) is 23.1. The molecule has 4 fully saturated rings. The summed E-state index contributed by atoms with van der Waals surface area (Å²) >= 11 is 0. The molecule has 0 amide bonds. The molecule has 0 aliphatic heterocycles. The predicted octanol–water partition coefficient (Wildman–Crippen LogP) is 2.99. The maximum atomic E-state index is 13.5. The Morgan fingerprint density at radius 2 is 1.74 bits per heavy atom. The molecule has 39 heavy (non-hydrogen) atoms. The number of rotatable bonds is 4. The molecule has 0 heterocycles. The van der Waals surface area contributed by atoms with E-state index in [1.807, 2.05) is 37.3 Å². The van der Waals surface area contributed by atoms with E-state index in [4.69, 9.17) is 9.47 Å². The van der Waals surface area contributed by atoms with Gasteiger partial charge in [-0.2, -0.15) is 0 Å². The van der Waals surface area contributed by atoms with Crippen molar-refractivity contribution in [3.8, 4) is 0 Å². The number of aliphatic hydroxyl groups excluding tert-OH is 2. The highest BCUT2D eigenvalue weighted by Gasteiger charge is 2.94. The van der Waals surface area contributed by atoms with Crippen LogP contribution in [0.5, 0.6) is 0 Å². The lowest BCUT2D eigenvalue weighted by molar-refractivity contribution is -0.207. The van der Waals surface area contributed by atoms with E-state index in [1.54, 1.807) is 26.8 Å². The molecule has 9 atom stereocenters. The first-order valence-electron chi connectivity index (χ1n) is 13.6. The molecule has 2 spiro atoms. The Labute approximate surface area is 228 Å². The first-order valence-corrected chi connectivity index (χ1v) is 13.6. The van der Waals surface area contributed by atoms with Gasteiger partial charge in [0.2, 0.25) is 0 Å². The van der Waals surface area contributed by atoms with Crippen molar-refractivity contribution in [2.45, 2.75) is 83.9 Å². The topological polar surface area (TPSA) is 130 Å². The number of benzene rings is 1. The van der Waals surface area contributed by atoms with E-state index in [-0.39, 0.29) is 18.6 Å². The zero-order chi connectivity index (χ0) is 28.8. The number of hydrogen-bond donors (Lipinski definition) is 3. The van der Waals surface area contributed by atoms with E-state index in [2.05, 4.69) is 6.58 Å². The number of aliphatic hydroxyl groups is 3. The Balaban J connectivity index is 1.65. The van der Waals surface area contributed by atoms with Crippen molar-refractivity contribution in [1.29, 1.82) is 0 Å². The van der Waals surface area contributed by atoms with Crippen LogP contribution in [-0.4, -0.2) is 63.1 Å². The van der Waals surface area contributed by atoms with Gasteiger partial charge in [0.25, 0.3) is 0 Å². The summed E-state index contributed by atoms with van der Waals surface area (Å²) in [5, 5.41) is 36.4. The first-order chi connectivity index (χ1) is 18.1. The van der Waals surface area contributed by atoms with Crippen LogP contribution in [0.3, 0.4) is 0 Å². The summed E-state index contributed by atoms with van der Waals surface area (Å²) in [6.07, 6.45) is -1.61. The number of carbonyl (C=O) groups excluding carboxylic acids is 3. The van der Waals surface area contributed by atoms with Crippen LogP contribution in [0.4, 0.5) is 0 Å². The van der Waals surface area contributed by atoms with Crippen LogP contribution in [0.2, 0.25) is 0 Å². The average molecular weight is 539 g/mol. The normalized spacial score (nSPS) is 44.2. The summed E-state index contributed by atoms with van der Waals surface area (Å²) in [6.45, 7) is 12.6. The minimum atomic E-state index is -1.89. The summed E-state index contributed by atoms with van der Waals surface area (Å²) in [4.78, 5) is 38.7. The molecule has 210 valence electrons. The maximum Gasteiger partial charge on any atom is 0.331 e. The Bertz CT molecular complexity index is 1270. The molecule has 4 saturated carbocycles. The summed E-state index contributed by atoms with van der Waals surface area (Å²) < 4.78 is 11.7. The second kappa shape index (κ2) is 8.59. The van der Waals surface area contributed by atoms with Crippen molar-refractivity contribution in [2.24, 2.45) is 27.6 Å². The SMILES string of the molecule is C=C1[C@@H](OC(=O)/C=C/c2ccccc2)CC[C@@]2(C)[C@@H](OC(C)=O)[C@H](O)C34[C@H](C)C(=O)C[C@@](O)([C@@H](O)C132)C4(C)C. The summed E-state index contributed by atoms with van der Waals surface area (Å²) in [6, 6.07) is 9.28. The number of fused-ring (bicyclic) bond motifs is 1. The van der Waals surface area contributed by atoms with Crippen LogP contribution in [0.1, 0.15) is 59.4 Å². The van der Waals surface area contributed by atoms with Crippen molar-refractivity contribution in [3.63, 3.8) is 0 Å². The van der Waals surface area contributed by atoms with Crippen molar-refractivity contribution in [3.05, 3.63) is 54.1 Å². The van der Waals surface area contributed by atoms with Gasteiger partial charge in [0, 0.05) is 47.0 Å². The van der Waals surface area contributed by atoms with Crippen LogP contribution >= 0.6 is 0 Å². The Kier molecular flexibility index (Phi) is 6.11. The Hall–Kier alpha value is -2.81. The van der Waals surface area contributed by atoms with Gasteiger partial charge in [-0.1, -0.05) is 64.6 Å². The third-order valence-corrected chi connectivity index (χ3v) is 11.1. The monoisotopic (exact) mass is 538 g/mol. The van der Waals surface area contributed by atoms with Gasteiger partial charge in [-0.05, 0) is 30.1 Å². The molecule has 3 N–H and O–H groups in total. The van der Waals surface area contributed by atoms with Crippen LogP contribution in [0, 0.1) is 27.6 Å². The molecule has 8 nitrogen and oxygen atoms in total. The lowest BCUT2D eigenvalue weighted by Gasteiger charge is -2.60. The second-order valence-electron chi connectivity index (χ2n) is 12.6. The zero-order valence-electron chi connectivity index (χ0n) is 23.1. The fourth-order valence-electron chi connectivity index (χ4n) is 9.52. The third-order valence-electron chi connectivity index (χ3n) is 11.1. The lowest BCUT2D eigenvalue weighted by atomic mass is 9.42. The van der Waals surface area contributed by atoms with Crippen molar-refractivity contribution >= 4 is 23.8 Å². The summed E-state index contributed by atoms with van der Waals surface area (Å²) in [5.41, 5.74) is -6.02. The Morgan fingerprint density at radius 1 is 1.10 bits per heavy atom. The highest BCUT2D eigenvalue weighted by molar-refractivity contribution is 5.88. The van der Waals surface area contributed by atoms with Crippen molar-refractivity contribution < 1.29 is 39.2 Å². The van der Waals surface area contributed by atoms with Gasteiger partial charge in [0.15, 0.2) is 0 Å². The number of ether oxygens (including phenoxy) is 2. The van der Waals surface area contributed by atoms with E-state index in [0.717, 1.165) is 5.56 Å². The van der Waals surface area contributed by atoms with E-state index >= 15 is 0 Å². The molecule has 0 radical (unpaired) electrons. The molecule has 0 saturated heterocycles. The van der Waals surface area contributed by atoms with E-state index in [0.29, 0.717) is 12.0 Å². The molecular weight excluding hydrogens is 500 g/mol. The predicted molar refractivity (Wildman–Crippen MR) is 142 cm³/mol. The third kappa shape index (κ3) is 3.03. The molecule has 5 rings (SSSR count). The minimum Gasteiger partial charge on any atom is -0.459 e. The molecule has 2 unspecified atom stereocenters. The molecule has 4 aliphatic carbocycles. The van der Waals surface area contributed by atoms with Gasteiger partial charge in [-0.25, -0.2) is 4.79 Å². The highest BCUT2D eigenvalue weighted by atomic mass is 16.6. The smallest absolute Gasteiger partial charge is 0.331 e. The maximum absolute atomic E-state index is 13.5. The quantitative estimate of drug-likeness (QED) is 0.303. The Morgan fingerprint density at radius 3 is 2.36 bits per heavy atom. The van der Waals surface area contributed by atoms with Crippen LogP contribution in [-0.2, 0) is 23.9 Å². The van der Waals surface area contributed by atoms with Gasteiger partial charge in [0.1, 0.15) is 23.6 Å². The number of hydrogen-bond acceptors (Lipinski definition) is 8. The van der Waals surface area contributed by atoms with Gasteiger partial charge in [-0.15, -0.1) is 0 Å². The second-order valence-corrected chi connectivity index (χ2v) is 12.6. The number of carbonyl (C=O) groups is 3. The van der Waals surface area contributed by atoms with E-state index < -0.39 is 69.5 Å². The molecule has 4 aliphatic rings. The van der Waals surface area contributed by atoms with Crippen molar-refractivity contribution in [1.82, 2.24) is 0 Å². The van der Waals surface area contributed by atoms with Crippen LogP contribution in [0.15, 0.2) is 48.6 Å². The van der Waals surface area contributed by atoms with Crippen LogP contribution in [0.25, 0.3) is 6.08 Å². The highest BCUT2D eigenvalue weighted by Crippen LogP contribution is 2.86. The molecule has 1 aromatic rings. The fourth-order valence-corrected chi connectivity index (χ4v) is 9.52. The van der Waals surface area contributed by atoms with E-state index in [9.17, 15) is 29.7 Å². The summed E-state index contributed by atoms with van der Waals surface area (Å²) in [5.74, 6) is -2.32. The van der Waals surface area contributed by atoms with Crippen molar-refractivity contribution in [2.75, 3.05) is 0 Å².